The number of rotatable bonds is 7. The molecule has 5 nitrogen and oxygen atoms in total. The molecule has 2 amide bonds. The highest BCUT2D eigenvalue weighted by molar-refractivity contribution is 14.1. The Morgan fingerprint density at radius 2 is 1.82 bits per heavy atom. The normalized spacial score (nSPS) is 14.7. The molecule has 34 heavy (non-hydrogen) atoms. The van der Waals surface area contributed by atoms with Crippen LogP contribution in [0.4, 0.5) is 4.79 Å². The van der Waals surface area contributed by atoms with Gasteiger partial charge in [0.05, 0.1) is 22.1 Å². The number of imide groups is 1. The third kappa shape index (κ3) is 5.59. The van der Waals surface area contributed by atoms with Gasteiger partial charge in [-0.2, -0.15) is 0 Å². The van der Waals surface area contributed by atoms with Gasteiger partial charge in [-0.3, -0.25) is 14.5 Å². The van der Waals surface area contributed by atoms with Gasteiger partial charge in [0.1, 0.15) is 6.61 Å². The first-order chi connectivity index (χ1) is 16.4. The Balaban J connectivity index is 1.53. The van der Waals surface area contributed by atoms with Crippen molar-refractivity contribution in [3.63, 3.8) is 0 Å². The van der Waals surface area contributed by atoms with E-state index in [0.717, 1.165) is 37.6 Å². The topological polar surface area (TPSA) is 55.8 Å². The maximum absolute atomic E-state index is 12.9. The molecule has 0 saturated carbocycles. The summed E-state index contributed by atoms with van der Waals surface area (Å²) in [6.07, 6.45) is 1.71. The highest BCUT2D eigenvalue weighted by Gasteiger charge is 2.35. The van der Waals surface area contributed by atoms with E-state index in [1.54, 1.807) is 37.5 Å². The van der Waals surface area contributed by atoms with Crippen molar-refractivity contribution in [2.24, 2.45) is 0 Å². The minimum absolute atomic E-state index is 0.200. The van der Waals surface area contributed by atoms with Gasteiger partial charge in [-0.15, -0.1) is 0 Å². The maximum Gasteiger partial charge on any atom is 0.293 e. The van der Waals surface area contributed by atoms with Gasteiger partial charge >= 0.3 is 0 Å². The van der Waals surface area contributed by atoms with E-state index in [9.17, 15) is 9.59 Å². The van der Waals surface area contributed by atoms with Crippen molar-refractivity contribution in [3.05, 3.63) is 96.4 Å². The van der Waals surface area contributed by atoms with Crippen LogP contribution in [0.15, 0.2) is 65.6 Å². The fourth-order valence-corrected chi connectivity index (χ4v) is 5.19. The summed E-state index contributed by atoms with van der Waals surface area (Å²) in [5, 5.41) is 0.304. The van der Waals surface area contributed by atoms with Crippen LogP contribution in [-0.4, -0.2) is 23.2 Å². The molecule has 8 heteroatoms. The number of thioether (sulfide) groups is 1. The van der Waals surface area contributed by atoms with Crippen LogP contribution in [0.25, 0.3) is 6.08 Å². The molecule has 0 radical (unpaired) electrons. The van der Waals surface area contributed by atoms with Gasteiger partial charge in [-0.05, 0) is 93.9 Å². The molecule has 0 unspecified atom stereocenters. The van der Waals surface area contributed by atoms with Crippen molar-refractivity contribution in [1.29, 1.82) is 0 Å². The largest absolute Gasteiger partial charge is 0.493 e. The number of halogens is 2. The summed E-state index contributed by atoms with van der Waals surface area (Å²) in [5.41, 5.74) is 3.84. The summed E-state index contributed by atoms with van der Waals surface area (Å²) in [5.74, 6) is 0.880. The fourth-order valence-electron chi connectivity index (χ4n) is 3.45. The molecular weight excluding hydrogens is 585 g/mol. The second-order valence-corrected chi connectivity index (χ2v) is 10.2. The zero-order valence-electron chi connectivity index (χ0n) is 18.5. The van der Waals surface area contributed by atoms with Gasteiger partial charge < -0.3 is 9.47 Å². The highest BCUT2D eigenvalue weighted by atomic mass is 127. The highest BCUT2D eigenvalue weighted by Crippen LogP contribution is 2.38. The van der Waals surface area contributed by atoms with Crippen molar-refractivity contribution < 1.29 is 19.1 Å². The van der Waals surface area contributed by atoms with Crippen molar-refractivity contribution in [2.45, 2.75) is 20.1 Å². The summed E-state index contributed by atoms with van der Waals surface area (Å²) in [7, 11) is 1.58. The van der Waals surface area contributed by atoms with E-state index in [1.165, 1.54) is 4.90 Å². The van der Waals surface area contributed by atoms with E-state index in [0.29, 0.717) is 28.0 Å². The molecule has 0 aromatic heterocycles. The number of amides is 2. The number of hydrogen-bond donors (Lipinski definition) is 0. The Bertz CT molecular complexity index is 1280. The second-order valence-electron chi connectivity index (χ2n) is 7.64. The summed E-state index contributed by atoms with van der Waals surface area (Å²) in [4.78, 5) is 27.0. The van der Waals surface area contributed by atoms with Crippen LogP contribution in [0.3, 0.4) is 0 Å². The minimum Gasteiger partial charge on any atom is -0.493 e. The zero-order chi connectivity index (χ0) is 24.2. The number of benzene rings is 3. The molecule has 3 aromatic carbocycles. The molecule has 1 fully saturated rings. The Morgan fingerprint density at radius 1 is 1.09 bits per heavy atom. The van der Waals surface area contributed by atoms with Crippen LogP contribution in [0.2, 0.25) is 5.02 Å². The summed E-state index contributed by atoms with van der Waals surface area (Å²) < 4.78 is 12.5. The van der Waals surface area contributed by atoms with Crippen molar-refractivity contribution in [1.82, 2.24) is 4.90 Å². The lowest BCUT2D eigenvalue weighted by Gasteiger charge is -2.15. The van der Waals surface area contributed by atoms with E-state index in [2.05, 4.69) is 22.6 Å². The Morgan fingerprint density at radius 3 is 2.53 bits per heavy atom. The average molecular weight is 606 g/mol. The van der Waals surface area contributed by atoms with Crippen LogP contribution in [0, 0.1) is 10.5 Å². The first-order valence-corrected chi connectivity index (χ1v) is 12.7. The zero-order valence-corrected chi connectivity index (χ0v) is 22.2. The van der Waals surface area contributed by atoms with Gasteiger partial charge in [-0.25, -0.2) is 0 Å². The molecule has 1 aliphatic heterocycles. The van der Waals surface area contributed by atoms with Crippen molar-refractivity contribution in [3.8, 4) is 11.5 Å². The molecule has 0 spiro atoms. The third-order valence-electron chi connectivity index (χ3n) is 5.31. The molecule has 0 aliphatic carbocycles. The number of carbonyl (C=O) groups excluding carboxylic acids is 2. The SMILES string of the molecule is COc1cc(/C=C2\SC(=O)N(Cc3ccc(Cl)cc3)C2=O)cc(I)c1OCc1ccccc1C. The van der Waals surface area contributed by atoms with Crippen LogP contribution in [0.1, 0.15) is 22.3 Å². The molecule has 1 saturated heterocycles. The van der Waals surface area contributed by atoms with Gasteiger partial charge in [0.25, 0.3) is 11.1 Å². The molecule has 174 valence electrons. The van der Waals surface area contributed by atoms with Crippen LogP contribution in [0.5, 0.6) is 11.5 Å². The number of methoxy groups -OCH3 is 1. The second kappa shape index (κ2) is 10.8. The van der Waals surface area contributed by atoms with E-state index >= 15 is 0 Å². The van der Waals surface area contributed by atoms with Gasteiger partial charge in [0.2, 0.25) is 0 Å². The van der Waals surface area contributed by atoms with E-state index in [-0.39, 0.29) is 17.7 Å². The van der Waals surface area contributed by atoms with Gasteiger partial charge in [-0.1, -0.05) is 48.0 Å². The number of aryl methyl sites for hydroxylation is 1. The molecule has 1 aliphatic rings. The first-order valence-electron chi connectivity index (χ1n) is 10.4. The monoisotopic (exact) mass is 605 g/mol. The van der Waals surface area contributed by atoms with E-state index in [1.807, 2.05) is 43.3 Å². The quantitative estimate of drug-likeness (QED) is 0.213. The minimum atomic E-state index is -0.321. The fraction of sp³-hybridized carbons (Fsp3) is 0.154. The Labute approximate surface area is 221 Å². The van der Waals surface area contributed by atoms with Gasteiger partial charge in [0.15, 0.2) is 11.5 Å². The van der Waals surface area contributed by atoms with E-state index in [4.69, 9.17) is 21.1 Å². The number of carbonyl (C=O) groups is 2. The number of hydrogen-bond acceptors (Lipinski definition) is 5. The maximum atomic E-state index is 12.9. The lowest BCUT2D eigenvalue weighted by atomic mass is 10.1. The molecule has 4 rings (SSSR count). The van der Waals surface area contributed by atoms with Crippen LogP contribution < -0.4 is 9.47 Å². The standard InChI is InChI=1S/C26H21ClINO4S/c1-16-5-3-4-6-19(16)15-33-24-21(28)11-18(12-22(24)32-2)13-23-25(30)29(26(31)34-23)14-17-7-9-20(27)10-8-17/h3-13H,14-15H2,1-2H3/b23-13-. The molecule has 1 heterocycles. The average Bonchev–Trinajstić information content (AvgIpc) is 3.07. The van der Waals surface area contributed by atoms with Crippen LogP contribution in [-0.2, 0) is 17.9 Å². The number of nitrogens with zero attached hydrogens (tertiary/aromatic N) is 1. The van der Waals surface area contributed by atoms with E-state index < -0.39 is 0 Å². The molecule has 0 bridgehead atoms. The van der Waals surface area contributed by atoms with Gasteiger partial charge in [0, 0.05) is 5.02 Å². The molecule has 0 N–H and O–H groups in total. The summed E-state index contributed by atoms with van der Waals surface area (Å²) in [6.45, 7) is 2.66. The molecule has 3 aromatic rings. The smallest absolute Gasteiger partial charge is 0.293 e. The predicted octanol–water partition coefficient (Wildman–Crippen LogP) is 7.08. The first kappa shape index (κ1) is 24.6. The van der Waals surface area contributed by atoms with Crippen molar-refractivity contribution in [2.75, 3.05) is 7.11 Å². The molecular formula is C26H21ClINO4S. The Kier molecular flexibility index (Phi) is 7.85. The molecule has 0 atom stereocenters. The number of ether oxygens (including phenoxy) is 2. The lowest BCUT2D eigenvalue weighted by Crippen LogP contribution is -2.27. The summed E-state index contributed by atoms with van der Waals surface area (Å²) in [6, 6.07) is 18.9. The lowest BCUT2D eigenvalue weighted by molar-refractivity contribution is -0.123. The van der Waals surface area contributed by atoms with Crippen molar-refractivity contribution >= 4 is 63.2 Å². The summed E-state index contributed by atoms with van der Waals surface area (Å²) >= 11 is 9.04. The third-order valence-corrected chi connectivity index (χ3v) is 7.27. The Hall–Kier alpha value is -2.49. The van der Waals surface area contributed by atoms with Crippen LogP contribution >= 0.6 is 46.0 Å². The predicted molar refractivity (Wildman–Crippen MR) is 144 cm³/mol.